The first-order valence-corrected chi connectivity index (χ1v) is 20.2. The molecule has 0 bridgehead atoms. The smallest absolute Gasteiger partial charge is 0.345 e. The van der Waals surface area contributed by atoms with Crippen molar-refractivity contribution in [2.75, 3.05) is 16.5 Å². The van der Waals surface area contributed by atoms with Crippen LogP contribution in [0.5, 0.6) is 0 Å². The summed E-state index contributed by atoms with van der Waals surface area (Å²) in [5, 5.41) is 2.31. The van der Waals surface area contributed by atoms with Crippen LogP contribution >= 0.6 is 0 Å². The third-order valence-electron chi connectivity index (χ3n) is 12.3. The molecular weight excluding hydrogens is 912 g/mol. The summed E-state index contributed by atoms with van der Waals surface area (Å²) in [5.41, 5.74) is 15.2. The Morgan fingerprint density at radius 1 is 0.483 bits per heavy atom. The van der Waals surface area contributed by atoms with Crippen LogP contribution in [-0.4, -0.2) is 16.2 Å². The molecule has 5 heteroatoms. The van der Waals surface area contributed by atoms with Gasteiger partial charge in [-0.2, -0.15) is 36.4 Å². The first-order valence-electron chi connectivity index (χ1n) is 20.2. The van der Waals surface area contributed by atoms with Crippen molar-refractivity contribution in [1.29, 1.82) is 0 Å². The van der Waals surface area contributed by atoms with Crippen molar-refractivity contribution in [3.63, 3.8) is 0 Å². The molecule has 0 atom stereocenters. The predicted octanol–water partition coefficient (Wildman–Crippen LogP) is 13.1. The van der Waals surface area contributed by atoms with Crippen LogP contribution in [0.15, 0.2) is 206 Å². The number of aromatic nitrogens is 2. The maximum Gasteiger partial charge on any atom is 2.00 e. The van der Waals surface area contributed by atoms with Crippen molar-refractivity contribution in [3.8, 4) is 28.1 Å². The molecule has 4 nitrogen and oxygen atoms in total. The van der Waals surface area contributed by atoms with Crippen molar-refractivity contribution in [1.82, 2.24) is 9.55 Å². The van der Waals surface area contributed by atoms with E-state index < -0.39 is 5.41 Å². The van der Waals surface area contributed by atoms with E-state index >= 15 is 0 Å². The van der Waals surface area contributed by atoms with E-state index in [2.05, 4.69) is 227 Å². The zero-order chi connectivity index (χ0) is 38.9. The topological polar surface area (TPSA) is 24.3 Å². The second-order valence-corrected chi connectivity index (χ2v) is 15.4. The Labute approximate surface area is 363 Å². The van der Waals surface area contributed by atoms with E-state index in [1.807, 2.05) is 6.20 Å². The normalized spacial score (nSPS) is 13.5. The number of hydrogen-bond acceptors (Lipinski definition) is 3. The van der Waals surface area contributed by atoms with Crippen LogP contribution in [0.4, 0.5) is 22.7 Å². The van der Waals surface area contributed by atoms with Crippen molar-refractivity contribution < 1.29 is 21.1 Å². The molecule has 1 aliphatic heterocycles. The standard InChI is InChI=1S/C55H36N4.Pt/c1-3-16-38(17-4-1)39-32-33-56-54(34-39)59-50-27-12-9-24-46(50)47-31-30-41(36-53(47)59)55(48-25-10-7-22-44(48)45-23-8-11-26-49(45)55)40-18-15-21-43(35-40)58-37-57(42-19-5-2-6-20-42)51-28-13-14-29-52(51)58;/h1-34H,37H2;/q-2;+2. The first kappa shape index (κ1) is 36.1. The van der Waals surface area contributed by atoms with Gasteiger partial charge in [0, 0.05) is 22.8 Å². The van der Waals surface area contributed by atoms with E-state index in [0.717, 1.165) is 61.6 Å². The molecule has 0 amide bonds. The number of fused-ring (bicyclic) bond motifs is 7. The molecule has 10 aromatic rings. The van der Waals surface area contributed by atoms with Crippen molar-refractivity contribution in [2.45, 2.75) is 5.41 Å². The third-order valence-corrected chi connectivity index (χ3v) is 12.3. The van der Waals surface area contributed by atoms with Crippen LogP contribution in [-0.2, 0) is 26.5 Å². The molecule has 2 aromatic heterocycles. The number of rotatable bonds is 6. The molecule has 0 unspecified atom stereocenters. The van der Waals surface area contributed by atoms with Gasteiger partial charge in [0.15, 0.2) is 0 Å². The van der Waals surface area contributed by atoms with Gasteiger partial charge in [0.2, 0.25) is 0 Å². The molecule has 0 saturated carbocycles. The predicted molar refractivity (Wildman–Crippen MR) is 241 cm³/mol. The Morgan fingerprint density at radius 3 is 1.88 bits per heavy atom. The molecule has 8 aromatic carbocycles. The molecule has 2 aliphatic rings. The van der Waals surface area contributed by atoms with Crippen LogP contribution in [0, 0.1) is 12.1 Å². The van der Waals surface area contributed by atoms with Gasteiger partial charge in [-0.15, -0.1) is 22.6 Å². The van der Waals surface area contributed by atoms with E-state index in [1.54, 1.807) is 0 Å². The number of para-hydroxylation sites is 4. The summed E-state index contributed by atoms with van der Waals surface area (Å²) in [6.45, 7) is 0.677. The fourth-order valence-electron chi connectivity index (χ4n) is 9.74. The van der Waals surface area contributed by atoms with Gasteiger partial charge in [-0.3, -0.25) is 0 Å². The van der Waals surface area contributed by atoms with Gasteiger partial charge >= 0.3 is 21.1 Å². The fraction of sp³-hybridized carbons (Fsp3) is 0.0364. The second-order valence-electron chi connectivity index (χ2n) is 15.4. The summed E-state index contributed by atoms with van der Waals surface area (Å²) in [6, 6.07) is 80.0. The molecule has 0 spiro atoms. The largest absolute Gasteiger partial charge is 2.00 e. The van der Waals surface area contributed by atoms with Gasteiger partial charge in [-0.05, 0) is 81.2 Å². The number of anilines is 4. The SMILES string of the molecule is [Pt+2].[c-]1c(N2CN(c3ccccc3)c3ccccc32)cccc1C1(c2[c-]c3c(cc2)c2ccccc2n3-c2cc(-c3ccccc3)ccn2)c2ccccc2-c2ccccc21. The Bertz CT molecular complexity index is 3180. The number of pyridine rings is 1. The zero-order valence-corrected chi connectivity index (χ0v) is 34.7. The van der Waals surface area contributed by atoms with Crippen LogP contribution in [0.1, 0.15) is 22.3 Å². The molecule has 0 N–H and O–H groups in total. The number of nitrogens with zero attached hydrogens (tertiary/aromatic N) is 4. The summed E-state index contributed by atoms with van der Waals surface area (Å²) >= 11 is 0. The summed E-state index contributed by atoms with van der Waals surface area (Å²) in [5.74, 6) is 0.858. The van der Waals surface area contributed by atoms with Crippen molar-refractivity contribution in [2.24, 2.45) is 0 Å². The van der Waals surface area contributed by atoms with E-state index in [-0.39, 0.29) is 21.1 Å². The summed E-state index contributed by atoms with van der Waals surface area (Å²) in [6.07, 6.45) is 1.92. The molecular formula is C55H36N4Pt. The van der Waals surface area contributed by atoms with E-state index in [1.165, 1.54) is 33.3 Å². The van der Waals surface area contributed by atoms with Crippen LogP contribution in [0.3, 0.4) is 0 Å². The Morgan fingerprint density at radius 2 is 1.12 bits per heavy atom. The second kappa shape index (κ2) is 14.4. The van der Waals surface area contributed by atoms with E-state index in [9.17, 15) is 0 Å². The van der Waals surface area contributed by atoms with Crippen LogP contribution in [0.2, 0.25) is 0 Å². The molecule has 3 heterocycles. The van der Waals surface area contributed by atoms with Crippen molar-refractivity contribution >= 4 is 44.6 Å². The number of benzene rings is 8. The van der Waals surface area contributed by atoms with Crippen LogP contribution in [0.25, 0.3) is 49.9 Å². The van der Waals surface area contributed by atoms with E-state index in [4.69, 9.17) is 4.98 Å². The van der Waals surface area contributed by atoms with Gasteiger partial charge in [0.1, 0.15) is 5.82 Å². The van der Waals surface area contributed by atoms with Gasteiger partial charge in [0.05, 0.1) is 18.0 Å². The first-order chi connectivity index (χ1) is 29.3. The van der Waals surface area contributed by atoms with Gasteiger partial charge in [-0.25, -0.2) is 4.98 Å². The maximum atomic E-state index is 5.01. The molecule has 60 heavy (non-hydrogen) atoms. The van der Waals surface area contributed by atoms with E-state index in [0.29, 0.717) is 6.67 Å². The molecule has 1 aliphatic carbocycles. The molecule has 0 saturated heterocycles. The Kier molecular flexibility index (Phi) is 8.65. The summed E-state index contributed by atoms with van der Waals surface area (Å²) in [4.78, 5) is 9.79. The monoisotopic (exact) mass is 947 g/mol. The fourth-order valence-corrected chi connectivity index (χ4v) is 9.74. The Hall–Kier alpha value is -7.00. The van der Waals surface area contributed by atoms with Crippen molar-refractivity contribution in [3.05, 3.63) is 241 Å². The molecule has 0 radical (unpaired) electrons. The van der Waals surface area contributed by atoms with Gasteiger partial charge in [0.25, 0.3) is 0 Å². The molecule has 12 rings (SSSR count). The minimum absolute atomic E-state index is 0. The molecule has 0 fully saturated rings. The minimum Gasteiger partial charge on any atom is -0.345 e. The van der Waals surface area contributed by atoms with Gasteiger partial charge in [-0.1, -0.05) is 139 Å². The third kappa shape index (κ3) is 5.38. The minimum atomic E-state index is -0.712. The number of hydrogen-bond donors (Lipinski definition) is 0. The zero-order valence-electron chi connectivity index (χ0n) is 32.4. The quantitative estimate of drug-likeness (QED) is 0.155. The average molecular weight is 948 g/mol. The average Bonchev–Trinajstić information content (AvgIpc) is 3.97. The maximum absolute atomic E-state index is 5.01. The Balaban J connectivity index is 0.00000408. The summed E-state index contributed by atoms with van der Waals surface area (Å²) < 4.78 is 2.29. The summed E-state index contributed by atoms with van der Waals surface area (Å²) in [7, 11) is 0. The van der Waals surface area contributed by atoms with Gasteiger partial charge < -0.3 is 14.4 Å². The molecule has 286 valence electrons. The van der Waals surface area contributed by atoms with Crippen LogP contribution < -0.4 is 9.80 Å².